The lowest BCUT2D eigenvalue weighted by Crippen LogP contribution is -2.41. The van der Waals surface area contributed by atoms with Crippen molar-refractivity contribution in [2.75, 3.05) is 6.54 Å². The minimum absolute atomic E-state index is 0.0497. The highest BCUT2D eigenvalue weighted by molar-refractivity contribution is 6.06. The fourth-order valence-corrected chi connectivity index (χ4v) is 1.25. The summed E-state index contributed by atoms with van der Waals surface area (Å²) in [6.07, 6.45) is -0.691. The summed E-state index contributed by atoms with van der Waals surface area (Å²) in [6.45, 7) is 4.85. The lowest BCUT2D eigenvalue weighted by Gasteiger charge is -2.16. The Balaban J connectivity index is 2.77. The van der Waals surface area contributed by atoms with Crippen molar-refractivity contribution >= 4 is 11.9 Å². The number of nitrogens with one attached hydrogen (secondary N) is 1. The molecule has 0 aromatic rings. The summed E-state index contributed by atoms with van der Waals surface area (Å²) < 4.78 is 0. The Hall–Kier alpha value is -1.10. The van der Waals surface area contributed by atoms with Gasteiger partial charge in [0.05, 0.1) is 12.6 Å². The quantitative estimate of drug-likeness (QED) is 0.581. The van der Waals surface area contributed by atoms with Crippen molar-refractivity contribution in [3.8, 4) is 0 Å². The monoisotopic (exact) mass is 186 g/mol. The third-order valence-electron chi connectivity index (χ3n) is 1.89. The molecule has 1 heterocycles. The lowest BCUT2D eigenvalue weighted by atomic mass is 10.1. The minimum atomic E-state index is -0.841. The van der Waals surface area contributed by atoms with Crippen LogP contribution in [0.15, 0.2) is 0 Å². The Morgan fingerprint density at radius 3 is 2.38 bits per heavy atom. The molecule has 0 aliphatic carbocycles. The number of carbonyl (C=O) groups excluding carboxylic acids is 2. The van der Waals surface area contributed by atoms with Crippen molar-refractivity contribution in [1.82, 2.24) is 10.2 Å². The van der Waals surface area contributed by atoms with Gasteiger partial charge in [0, 0.05) is 0 Å². The molecule has 1 rings (SSSR count). The molecule has 1 atom stereocenters. The van der Waals surface area contributed by atoms with Crippen molar-refractivity contribution in [3.63, 3.8) is 0 Å². The van der Waals surface area contributed by atoms with Gasteiger partial charge in [-0.2, -0.15) is 0 Å². The predicted molar refractivity (Wildman–Crippen MR) is 46.0 cm³/mol. The number of β-amino-alcohol motifs (C(OH)–C–C–N with tert-alkyl or cyclic N) is 1. The van der Waals surface area contributed by atoms with Crippen LogP contribution < -0.4 is 5.32 Å². The Kier molecular flexibility index (Phi) is 2.30. The van der Waals surface area contributed by atoms with Crippen molar-refractivity contribution in [2.24, 2.45) is 0 Å². The first-order valence-corrected chi connectivity index (χ1v) is 4.17. The molecule has 1 aliphatic rings. The molecule has 0 bridgehead atoms. The summed E-state index contributed by atoms with van der Waals surface area (Å²) in [6, 6.07) is -0.434. The molecule has 5 nitrogen and oxygen atoms in total. The second-order valence-electron chi connectivity index (χ2n) is 3.82. The molecule has 1 saturated heterocycles. The van der Waals surface area contributed by atoms with E-state index < -0.39 is 17.7 Å². The summed E-state index contributed by atoms with van der Waals surface area (Å²) in [5, 5.41) is 11.6. The third-order valence-corrected chi connectivity index (χ3v) is 1.89. The minimum Gasteiger partial charge on any atom is -0.392 e. The van der Waals surface area contributed by atoms with E-state index in [1.165, 1.54) is 6.92 Å². The summed E-state index contributed by atoms with van der Waals surface area (Å²) in [4.78, 5) is 23.8. The molecule has 0 radical (unpaired) electrons. The van der Waals surface area contributed by atoms with Gasteiger partial charge in [0.15, 0.2) is 0 Å². The van der Waals surface area contributed by atoms with E-state index in [0.29, 0.717) is 0 Å². The van der Waals surface area contributed by atoms with E-state index in [1.54, 1.807) is 13.8 Å². The van der Waals surface area contributed by atoms with Crippen molar-refractivity contribution < 1.29 is 14.7 Å². The van der Waals surface area contributed by atoms with Gasteiger partial charge in [-0.1, -0.05) is 0 Å². The second-order valence-corrected chi connectivity index (χ2v) is 3.82. The second kappa shape index (κ2) is 2.99. The van der Waals surface area contributed by atoms with Gasteiger partial charge in [-0.3, -0.25) is 9.69 Å². The number of hydrogen-bond donors (Lipinski definition) is 2. The highest BCUT2D eigenvalue weighted by Gasteiger charge is 2.44. The molecule has 1 unspecified atom stereocenters. The average Bonchev–Trinajstić information content (AvgIpc) is 2.12. The maximum atomic E-state index is 11.5. The smallest absolute Gasteiger partial charge is 0.325 e. The van der Waals surface area contributed by atoms with Gasteiger partial charge in [0.2, 0.25) is 0 Å². The highest BCUT2D eigenvalue weighted by Crippen LogP contribution is 2.16. The Morgan fingerprint density at radius 1 is 1.54 bits per heavy atom. The molecule has 13 heavy (non-hydrogen) atoms. The largest absolute Gasteiger partial charge is 0.392 e. The number of aliphatic hydroxyl groups is 1. The fourth-order valence-electron chi connectivity index (χ4n) is 1.25. The van der Waals surface area contributed by atoms with Gasteiger partial charge in [-0.25, -0.2) is 4.79 Å². The van der Waals surface area contributed by atoms with E-state index in [1.807, 2.05) is 0 Å². The number of amides is 3. The summed E-state index contributed by atoms with van der Waals surface area (Å²) >= 11 is 0. The Morgan fingerprint density at radius 2 is 2.08 bits per heavy atom. The van der Waals surface area contributed by atoms with E-state index in [4.69, 9.17) is 5.11 Å². The Labute approximate surface area is 76.7 Å². The molecule has 0 spiro atoms. The number of hydrogen-bond acceptors (Lipinski definition) is 3. The first kappa shape index (κ1) is 9.98. The molecule has 1 aliphatic heterocycles. The fraction of sp³-hybridized carbons (Fsp3) is 0.750. The van der Waals surface area contributed by atoms with Crippen LogP contribution in [-0.2, 0) is 4.79 Å². The van der Waals surface area contributed by atoms with E-state index in [-0.39, 0.29) is 12.5 Å². The maximum absolute atomic E-state index is 11.5. The van der Waals surface area contributed by atoms with Crippen molar-refractivity contribution in [2.45, 2.75) is 32.4 Å². The SMILES string of the molecule is CC(O)CN1C(=O)NC(C)(C)C1=O. The highest BCUT2D eigenvalue weighted by atomic mass is 16.3. The van der Waals surface area contributed by atoms with Gasteiger partial charge in [-0.15, -0.1) is 0 Å². The zero-order chi connectivity index (χ0) is 10.2. The van der Waals surface area contributed by atoms with E-state index in [9.17, 15) is 9.59 Å². The number of rotatable bonds is 2. The molecule has 5 heteroatoms. The molecular formula is C8H14N2O3. The molecule has 0 aromatic heterocycles. The summed E-state index contributed by atoms with van der Waals surface area (Å²) in [7, 11) is 0. The van der Waals surface area contributed by atoms with Gasteiger partial charge < -0.3 is 10.4 Å². The first-order valence-electron chi connectivity index (χ1n) is 4.17. The normalized spacial score (nSPS) is 23.2. The van der Waals surface area contributed by atoms with E-state index >= 15 is 0 Å². The van der Waals surface area contributed by atoms with Crippen LogP contribution in [0.5, 0.6) is 0 Å². The summed E-state index contributed by atoms with van der Waals surface area (Å²) in [5.74, 6) is -0.293. The molecule has 0 saturated carbocycles. The molecule has 1 fully saturated rings. The van der Waals surface area contributed by atoms with Crippen molar-refractivity contribution in [1.29, 1.82) is 0 Å². The maximum Gasteiger partial charge on any atom is 0.325 e. The molecule has 74 valence electrons. The van der Waals surface area contributed by atoms with Gasteiger partial charge >= 0.3 is 6.03 Å². The zero-order valence-electron chi connectivity index (χ0n) is 8.00. The van der Waals surface area contributed by atoms with Gasteiger partial charge in [-0.05, 0) is 20.8 Å². The van der Waals surface area contributed by atoms with Crippen LogP contribution in [0.3, 0.4) is 0 Å². The Bertz CT molecular complexity index is 248. The number of imide groups is 1. The van der Waals surface area contributed by atoms with Crippen LogP contribution in [0.25, 0.3) is 0 Å². The van der Waals surface area contributed by atoms with Crippen molar-refractivity contribution in [3.05, 3.63) is 0 Å². The predicted octanol–water partition coefficient (Wildman–Crippen LogP) is -0.302. The first-order chi connectivity index (χ1) is 5.84. The van der Waals surface area contributed by atoms with Crippen LogP contribution in [0.2, 0.25) is 0 Å². The standard InChI is InChI=1S/C8H14N2O3/c1-5(11)4-10-6(12)8(2,3)9-7(10)13/h5,11H,4H2,1-3H3,(H,9,13). The summed E-state index contributed by atoms with van der Waals surface area (Å²) in [5.41, 5.74) is -0.841. The molecule has 3 amide bonds. The number of urea groups is 1. The average molecular weight is 186 g/mol. The van der Waals surface area contributed by atoms with Crippen LogP contribution >= 0.6 is 0 Å². The van der Waals surface area contributed by atoms with Crippen LogP contribution in [0.1, 0.15) is 20.8 Å². The van der Waals surface area contributed by atoms with E-state index in [2.05, 4.69) is 5.32 Å². The molecule has 2 N–H and O–H groups in total. The topological polar surface area (TPSA) is 69.6 Å². The van der Waals surface area contributed by atoms with Gasteiger partial charge in [0.1, 0.15) is 5.54 Å². The molecular weight excluding hydrogens is 172 g/mol. The number of carbonyl (C=O) groups is 2. The van der Waals surface area contributed by atoms with Crippen LogP contribution in [-0.4, -0.2) is 40.1 Å². The number of nitrogens with zero attached hydrogens (tertiary/aromatic N) is 1. The third kappa shape index (κ3) is 1.80. The van der Waals surface area contributed by atoms with E-state index in [0.717, 1.165) is 4.90 Å². The van der Waals surface area contributed by atoms with Crippen LogP contribution in [0.4, 0.5) is 4.79 Å². The number of aliphatic hydroxyl groups excluding tert-OH is 1. The van der Waals surface area contributed by atoms with Crippen LogP contribution in [0, 0.1) is 0 Å². The zero-order valence-corrected chi connectivity index (χ0v) is 8.00. The molecule has 0 aromatic carbocycles. The lowest BCUT2D eigenvalue weighted by molar-refractivity contribution is -0.131. The van der Waals surface area contributed by atoms with Gasteiger partial charge in [0.25, 0.3) is 5.91 Å².